The number of anilines is 1. The Morgan fingerprint density at radius 2 is 1.75 bits per heavy atom. The van der Waals surface area contributed by atoms with Crippen LogP contribution in [0, 0.1) is 10.1 Å². The molecular weight excluding hydrogens is 462 g/mol. The lowest BCUT2D eigenvalue weighted by molar-refractivity contribution is -0.384. The summed E-state index contributed by atoms with van der Waals surface area (Å²) in [4.78, 5) is 33.9. The van der Waals surface area contributed by atoms with Crippen molar-refractivity contribution < 1.29 is 27.7 Å². The topological polar surface area (TPSA) is 145 Å². The summed E-state index contributed by atoms with van der Waals surface area (Å²) in [5.41, 5.74) is -0.316. The minimum atomic E-state index is -3.98. The average molecular weight is 478 g/mol. The van der Waals surface area contributed by atoms with Gasteiger partial charge in [-0.3, -0.25) is 19.7 Å². The molecule has 3 aromatic carbocycles. The Bertz CT molecular complexity index is 1310. The van der Waals surface area contributed by atoms with E-state index in [4.69, 9.17) is 16.3 Å². The molecule has 0 atom stereocenters. The summed E-state index contributed by atoms with van der Waals surface area (Å²) < 4.78 is 31.7. The number of hydrogen-bond acceptors (Lipinski definition) is 7. The van der Waals surface area contributed by atoms with Gasteiger partial charge in [0.05, 0.1) is 9.82 Å². The first-order valence-electron chi connectivity index (χ1n) is 9.03. The van der Waals surface area contributed by atoms with Crippen molar-refractivity contribution in [1.82, 2.24) is 4.72 Å². The zero-order valence-electron chi connectivity index (χ0n) is 16.3. The first kappa shape index (κ1) is 23.1. The predicted octanol–water partition coefficient (Wildman–Crippen LogP) is 2.86. The number of benzene rings is 3. The van der Waals surface area contributed by atoms with Gasteiger partial charge in [0, 0.05) is 11.8 Å². The van der Waals surface area contributed by atoms with Gasteiger partial charge in [0.1, 0.15) is 11.6 Å². The summed E-state index contributed by atoms with van der Waals surface area (Å²) in [6.45, 7) is -1.40. The van der Waals surface area contributed by atoms with E-state index in [-0.39, 0.29) is 15.6 Å². The van der Waals surface area contributed by atoms with Gasteiger partial charge in [-0.25, -0.2) is 8.42 Å². The SMILES string of the molecule is O=C(COC(=O)CNS(=O)(=O)c1ccc2ccccc2c1)Nc1ccc(Cl)c([N+](=O)[O-])c1. The van der Waals surface area contributed by atoms with E-state index in [0.717, 1.165) is 16.8 Å². The molecule has 2 N–H and O–H groups in total. The number of carbonyl (C=O) groups excluding carboxylic acids is 2. The molecule has 3 aromatic rings. The molecule has 0 spiro atoms. The van der Waals surface area contributed by atoms with Crippen LogP contribution in [0.4, 0.5) is 11.4 Å². The van der Waals surface area contributed by atoms with Crippen molar-refractivity contribution in [2.24, 2.45) is 0 Å². The highest BCUT2D eigenvalue weighted by Crippen LogP contribution is 2.27. The number of rotatable bonds is 8. The number of esters is 1. The van der Waals surface area contributed by atoms with Crippen LogP contribution in [0.1, 0.15) is 0 Å². The Morgan fingerprint density at radius 3 is 2.47 bits per heavy atom. The number of ether oxygens (including phenoxy) is 1. The number of nitrogens with zero attached hydrogens (tertiary/aromatic N) is 1. The van der Waals surface area contributed by atoms with Crippen molar-refractivity contribution in [3.05, 3.63) is 75.8 Å². The molecule has 0 aliphatic rings. The normalized spacial score (nSPS) is 11.2. The number of carbonyl (C=O) groups is 2. The monoisotopic (exact) mass is 477 g/mol. The summed E-state index contributed by atoms with van der Waals surface area (Å²) >= 11 is 5.70. The summed E-state index contributed by atoms with van der Waals surface area (Å²) in [6, 6.07) is 15.4. The standard InChI is InChI=1S/C20H16ClN3O7S/c21-17-8-6-15(10-18(17)24(27)28)23-19(25)12-31-20(26)11-22-32(29,30)16-7-5-13-3-1-2-4-14(13)9-16/h1-10,22H,11-12H2,(H,23,25). The van der Waals surface area contributed by atoms with Crippen LogP contribution in [0.3, 0.4) is 0 Å². The lowest BCUT2D eigenvalue weighted by Gasteiger charge is -2.09. The highest BCUT2D eigenvalue weighted by atomic mass is 35.5. The quantitative estimate of drug-likeness (QED) is 0.288. The van der Waals surface area contributed by atoms with Crippen molar-refractivity contribution in [2.45, 2.75) is 4.90 Å². The fourth-order valence-corrected chi connectivity index (χ4v) is 3.89. The van der Waals surface area contributed by atoms with Crippen LogP contribution >= 0.6 is 11.6 Å². The van der Waals surface area contributed by atoms with Crippen LogP contribution in [0.15, 0.2) is 65.6 Å². The molecule has 166 valence electrons. The van der Waals surface area contributed by atoms with Gasteiger partial charge in [0.15, 0.2) is 6.61 Å². The van der Waals surface area contributed by atoms with Crippen LogP contribution in [0.5, 0.6) is 0 Å². The first-order valence-corrected chi connectivity index (χ1v) is 10.9. The lowest BCUT2D eigenvalue weighted by Crippen LogP contribution is -2.32. The van der Waals surface area contributed by atoms with E-state index in [1.165, 1.54) is 24.3 Å². The maximum atomic E-state index is 12.4. The Kier molecular flexibility index (Phi) is 7.03. The number of amides is 1. The predicted molar refractivity (Wildman–Crippen MR) is 117 cm³/mol. The number of nitro groups is 1. The maximum Gasteiger partial charge on any atom is 0.321 e. The Hall–Kier alpha value is -3.54. The van der Waals surface area contributed by atoms with Gasteiger partial charge in [0.2, 0.25) is 10.0 Å². The van der Waals surface area contributed by atoms with E-state index in [1.807, 2.05) is 12.1 Å². The molecule has 3 rings (SSSR count). The highest BCUT2D eigenvalue weighted by Gasteiger charge is 2.18. The molecule has 1 amide bonds. The zero-order chi connectivity index (χ0) is 23.3. The number of nitro benzene ring substituents is 1. The maximum absolute atomic E-state index is 12.4. The minimum Gasteiger partial charge on any atom is -0.455 e. The molecule has 0 heterocycles. The molecule has 0 aromatic heterocycles. The number of hydrogen-bond donors (Lipinski definition) is 2. The molecule has 0 bridgehead atoms. The van der Waals surface area contributed by atoms with E-state index in [0.29, 0.717) is 0 Å². The van der Waals surface area contributed by atoms with Crippen molar-refractivity contribution in [2.75, 3.05) is 18.5 Å². The number of sulfonamides is 1. The van der Waals surface area contributed by atoms with Crippen molar-refractivity contribution in [3.63, 3.8) is 0 Å². The Morgan fingerprint density at radius 1 is 1.03 bits per heavy atom. The summed E-state index contributed by atoms with van der Waals surface area (Å²) in [5.74, 6) is -1.75. The Labute approximate surface area is 187 Å². The smallest absolute Gasteiger partial charge is 0.321 e. The molecule has 0 aliphatic heterocycles. The lowest BCUT2D eigenvalue weighted by atomic mass is 10.1. The highest BCUT2D eigenvalue weighted by molar-refractivity contribution is 7.89. The second-order valence-electron chi connectivity index (χ2n) is 6.47. The first-order chi connectivity index (χ1) is 15.2. The number of fused-ring (bicyclic) bond motifs is 1. The fourth-order valence-electron chi connectivity index (χ4n) is 2.70. The van der Waals surface area contributed by atoms with E-state index < -0.39 is 45.7 Å². The van der Waals surface area contributed by atoms with Gasteiger partial charge in [-0.2, -0.15) is 4.72 Å². The fraction of sp³-hybridized carbons (Fsp3) is 0.100. The molecule has 32 heavy (non-hydrogen) atoms. The number of nitrogens with one attached hydrogen (secondary N) is 2. The van der Waals surface area contributed by atoms with Gasteiger partial charge in [0.25, 0.3) is 11.6 Å². The van der Waals surface area contributed by atoms with E-state index in [2.05, 4.69) is 10.0 Å². The molecule has 0 saturated carbocycles. The molecule has 0 radical (unpaired) electrons. The van der Waals surface area contributed by atoms with E-state index in [9.17, 15) is 28.1 Å². The van der Waals surface area contributed by atoms with Gasteiger partial charge in [-0.05, 0) is 35.0 Å². The number of halogens is 1. The second-order valence-corrected chi connectivity index (χ2v) is 8.64. The van der Waals surface area contributed by atoms with Gasteiger partial charge in [-0.1, -0.05) is 41.9 Å². The van der Waals surface area contributed by atoms with Gasteiger partial charge in [-0.15, -0.1) is 0 Å². The zero-order valence-corrected chi connectivity index (χ0v) is 17.9. The average Bonchev–Trinajstić information content (AvgIpc) is 2.77. The molecule has 0 fully saturated rings. The molecule has 0 unspecified atom stereocenters. The molecule has 12 heteroatoms. The van der Waals surface area contributed by atoms with E-state index >= 15 is 0 Å². The van der Waals surface area contributed by atoms with Crippen LogP contribution in [0.25, 0.3) is 10.8 Å². The van der Waals surface area contributed by atoms with Crippen LogP contribution in [-0.4, -0.2) is 38.4 Å². The third kappa shape index (κ3) is 5.78. The summed E-state index contributed by atoms with van der Waals surface area (Å²) in [7, 11) is -3.98. The summed E-state index contributed by atoms with van der Waals surface area (Å²) in [5, 5.41) is 14.7. The van der Waals surface area contributed by atoms with Crippen LogP contribution in [0.2, 0.25) is 5.02 Å². The minimum absolute atomic E-state index is 0.0222. The summed E-state index contributed by atoms with van der Waals surface area (Å²) in [6.07, 6.45) is 0. The third-order valence-electron chi connectivity index (χ3n) is 4.23. The van der Waals surface area contributed by atoms with Gasteiger partial charge < -0.3 is 10.1 Å². The third-order valence-corrected chi connectivity index (χ3v) is 5.95. The largest absolute Gasteiger partial charge is 0.455 e. The molecule has 0 aliphatic carbocycles. The molecule has 0 saturated heterocycles. The van der Waals surface area contributed by atoms with Crippen LogP contribution in [-0.2, 0) is 24.3 Å². The molecule has 10 nitrogen and oxygen atoms in total. The second kappa shape index (κ2) is 9.73. The van der Waals surface area contributed by atoms with Crippen molar-refractivity contribution in [3.8, 4) is 0 Å². The van der Waals surface area contributed by atoms with E-state index in [1.54, 1.807) is 18.2 Å². The van der Waals surface area contributed by atoms with Crippen LogP contribution < -0.4 is 10.0 Å². The van der Waals surface area contributed by atoms with Gasteiger partial charge >= 0.3 is 5.97 Å². The van der Waals surface area contributed by atoms with Crippen molar-refractivity contribution >= 4 is 55.6 Å². The Balaban J connectivity index is 1.52. The van der Waals surface area contributed by atoms with Crippen molar-refractivity contribution in [1.29, 1.82) is 0 Å². The molecular formula is C20H16ClN3O7S.